The molecule has 0 radical (unpaired) electrons. The van der Waals surface area contributed by atoms with E-state index >= 15 is 0 Å². The van der Waals surface area contributed by atoms with E-state index in [0.717, 1.165) is 44.2 Å². The number of anilines is 1. The number of rotatable bonds is 6. The predicted molar refractivity (Wildman–Crippen MR) is 138 cm³/mol. The number of carbonyl (C=O) groups excluding carboxylic acids is 2. The number of carbonyl (C=O) groups is 2. The molecule has 2 aliphatic carbocycles. The van der Waals surface area contributed by atoms with Gasteiger partial charge in [0.15, 0.2) is 0 Å². The fourth-order valence-corrected chi connectivity index (χ4v) is 6.08. The van der Waals surface area contributed by atoms with Crippen molar-refractivity contribution in [2.45, 2.75) is 64.7 Å². The largest absolute Gasteiger partial charge is 0.416 e. The molecule has 0 aliphatic heterocycles. The Kier molecular flexibility index (Phi) is 6.53. The fourth-order valence-electron chi connectivity index (χ4n) is 6.08. The first-order valence-corrected chi connectivity index (χ1v) is 12.7. The van der Waals surface area contributed by atoms with Crippen molar-refractivity contribution in [1.82, 2.24) is 19.6 Å². The van der Waals surface area contributed by atoms with E-state index in [1.807, 2.05) is 0 Å². The van der Waals surface area contributed by atoms with Gasteiger partial charge in [-0.25, -0.2) is 4.68 Å². The lowest BCUT2D eigenvalue weighted by Crippen LogP contribution is -2.38. The Morgan fingerprint density at radius 1 is 1.23 bits per heavy atom. The number of nitrogens with zero attached hydrogens (tertiary/aromatic N) is 4. The van der Waals surface area contributed by atoms with Crippen LogP contribution in [-0.2, 0) is 17.5 Å². The number of primary amides is 1. The van der Waals surface area contributed by atoms with E-state index in [9.17, 15) is 22.8 Å². The number of ketones is 1. The maximum absolute atomic E-state index is 13.2. The second kappa shape index (κ2) is 9.59. The summed E-state index contributed by atoms with van der Waals surface area (Å²) in [4.78, 5) is 24.6. The summed E-state index contributed by atoms with van der Waals surface area (Å²) in [6.45, 7) is 3.50. The van der Waals surface area contributed by atoms with Gasteiger partial charge >= 0.3 is 6.18 Å². The molecule has 2 saturated carbocycles. The third-order valence-electron chi connectivity index (χ3n) is 8.11. The van der Waals surface area contributed by atoms with E-state index in [-0.39, 0.29) is 46.8 Å². The van der Waals surface area contributed by atoms with Crippen molar-refractivity contribution < 1.29 is 22.8 Å². The maximum atomic E-state index is 13.2. The molecular formula is C28H29F3N6O2. The van der Waals surface area contributed by atoms with Gasteiger partial charge in [0.1, 0.15) is 17.1 Å². The first-order valence-electron chi connectivity index (χ1n) is 12.7. The standard InChI is InChI=1S/C28H29F3N6O2/c1-3-4-22(38)17-7-8-27(10-17)11-21(12-27)37-25(32)23(26(33)39)24(35-37)19-13-34-36(15-19)14-18-9-20(28(29,30)31)6-5-16(18)2/h5-6,9,13,15,17,21H,7-8,10-12,14,32H2,1-2H3,(H2,33,39). The van der Waals surface area contributed by atoms with Crippen LogP contribution in [0.25, 0.3) is 11.3 Å². The number of nitrogen functional groups attached to an aromatic ring is 1. The number of benzene rings is 1. The topological polar surface area (TPSA) is 122 Å². The minimum Gasteiger partial charge on any atom is -0.383 e. The molecular weight excluding hydrogens is 509 g/mol. The summed E-state index contributed by atoms with van der Waals surface area (Å²) in [6.07, 6.45) is 2.77. The Bertz CT molecular complexity index is 1520. The zero-order valence-electron chi connectivity index (χ0n) is 21.7. The molecule has 1 atom stereocenters. The zero-order chi connectivity index (χ0) is 28.1. The number of hydrogen-bond donors (Lipinski definition) is 2. The van der Waals surface area contributed by atoms with E-state index < -0.39 is 17.6 Å². The van der Waals surface area contributed by atoms with Gasteiger partial charge in [0.05, 0.1) is 24.3 Å². The molecule has 2 aliphatic rings. The van der Waals surface area contributed by atoms with Crippen LogP contribution in [-0.4, -0.2) is 31.3 Å². The second-order valence-electron chi connectivity index (χ2n) is 10.7. The van der Waals surface area contributed by atoms with Crippen molar-refractivity contribution in [3.05, 3.63) is 52.8 Å². The number of aromatic nitrogens is 4. The molecule has 2 fully saturated rings. The highest BCUT2D eigenvalue weighted by atomic mass is 19.4. The SMILES string of the molecule is CC#CC(=O)C1CCC2(C1)CC(n1nc(-c3cnn(Cc4cc(C(F)(F)F)ccc4C)c3)c(C(N)=O)c1N)C2. The third kappa shape index (κ3) is 4.91. The van der Waals surface area contributed by atoms with Crippen LogP contribution in [0.15, 0.2) is 30.6 Å². The molecule has 2 heterocycles. The molecule has 8 nitrogen and oxygen atoms in total. The van der Waals surface area contributed by atoms with Crippen LogP contribution in [0.2, 0.25) is 0 Å². The average molecular weight is 539 g/mol. The molecule has 0 saturated heterocycles. The summed E-state index contributed by atoms with van der Waals surface area (Å²) in [5.41, 5.74) is 13.4. The number of amides is 1. The lowest BCUT2D eigenvalue weighted by molar-refractivity contribution is -0.137. The van der Waals surface area contributed by atoms with Gasteiger partial charge < -0.3 is 11.5 Å². The van der Waals surface area contributed by atoms with Crippen LogP contribution in [0.1, 0.15) is 72.1 Å². The number of aryl methyl sites for hydroxylation is 1. The van der Waals surface area contributed by atoms with Gasteiger partial charge in [-0.1, -0.05) is 12.0 Å². The van der Waals surface area contributed by atoms with Gasteiger partial charge in [0, 0.05) is 17.7 Å². The van der Waals surface area contributed by atoms with E-state index in [1.165, 1.54) is 16.9 Å². The second-order valence-corrected chi connectivity index (χ2v) is 10.7. The molecule has 4 N–H and O–H groups in total. The highest BCUT2D eigenvalue weighted by Crippen LogP contribution is 2.60. The molecule has 5 rings (SSSR count). The van der Waals surface area contributed by atoms with Gasteiger partial charge in [-0.2, -0.15) is 23.4 Å². The van der Waals surface area contributed by atoms with Crippen molar-refractivity contribution in [2.24, 2.45) is 17.1 Å². The Morgan fingerprint density at radius 3 is 2.64 bits per heavy atom. The van der Waals surface area contributed by atoms with Crippen molar-refractivity contribution >= 4 is 17.5 Å². The van der Waals surface area contributed by atoms with Gasteiger partial charge in [-0.3, -0.25) is 14.3 Å². The van der Waals surface area contributed by atoms with Crippen LogP contribution < -0.4 is 11.5 Å². The van der Waals surface area contributed by atoms with Crippen LogP contribution >= 0.6 is 0 Å². The Morgan fingerprint density at radius 2 is 1.97 bits per heavy atom. The number of hydrogen-bond acceptors (Lipinski definition) is 5. The fraction of sp³-hybridized carbons (Fsp3) is 0.429. The molecule has 3 aromatic rings. The van der Waals surface area contributed by atoms with Crippen molar-refractivity contribution in [3.8, 4) is 23.1 Å². The van der Waals surface area contributed by atoms with Gasteiger partial charge in [-0.15, -0.1) is 0 Å². The number of nitrogens with two attached hydrogens (primary N) is 2. The van der Waals surface area contributed by atoms with E-state index in [0.29, 0.717) is 16.7 Å². The maximum Gasteiger partial charge on any atom is 0.416 e. The molecule has 1 spiro atoms. The molecule has 11 heteroatoms. The van der Waals surface area contributed by atoms with Crippen LogP contribution in [0, 0.1) is 30.1 Å². The summed E-state index contributed by atoms with van der Waals surface area (Å²) in [5.74, 6) is 4.73. The number of halogens is 3. The molecule has 2 aromatic heterocycles. The van der Waals surface area contributed by atoms with Crippen LogP contribution in [0.5, 0.6) is 0 Å². The molecule has 39 heavy (non-hydrogen) atoms. The minimum absolute atomic E-state index is 0.00734. The monoisotopic (exact) mass is 538 g/mol. The van der Waals surface area contributed by atoms with E-state index in [2.05, 4.69) is 22.0 Å². The summed E-state index contributed by atoms with van der Waals surface area (Å²) in [6, 6.07) is 3.56. The molecule has 1 unspecified atom stereocenters. The van der Waals surface area contributed by atoms with Crippen LogP contribution in [0.3, 0.4) is 0 Å². The van der Waals surface area contributed by atoms with Crippen molar-refractivity contribution in [2.75, 3.05) is 5.73 Å². The van der Waals surface area contributed by atoms with Gasteiger partial charge in [0.2, 0.25) is 5.78 Å². The quantitative estimate of drug-likeness (QED) is 0.353. The summed E-state index contributed by atoms with van der Waals surface area (Å²) >= 11 is 0. The van der Waals surface area contributed by atoms with E-state index in [1.54, 1.807) is 24.7 Å². The Labute approximate surface area is 223 Å². The molecule has 1 amide bonds. The van der Waals surface area contributed by atoms with Crippen molar-refractivity contribution in [3.63, 3.8) is 0 Å². The summed E-state index contributed by atoms with van der Waals surface area (Å²) in [7, 11) is 0. The zero-order valence-corrected chi connectivity index (χ0v) is 21.7. The highest BCUT2D eigenvalue weighted by Gasteiger charge is 2.51. The Balaban J connectivity index is 1.37. The highest BCUT2D eigenvalue weighted by molar-refractivity contribution is 6.03. The van der Waals surface area contributed by atoms with Gasteiger partial charge in [0.25, 0.3) is 5.91 Å². The smallest absolute Gasteiger partial charge is 0.383 e. The first kappa shape index (κ1) is 26.5. The first-order chi connectivity index (χ1) is 18.4. The Hall–Kier alpha value is -4.07. The van der Waals surface area contributed by atoms with Crippen molar-refractivity contribution in [1.29, 1.82) is 0 Å². The summed E-state index contributed by atoms with van der Waals surface area (Å²) < 4.78 is 42.7. The van der Waals surface area contributed by atoms with Crippen LogP contribution in [0.4, 0.5) is 19.0 Å². The molecule has 1 aromatic carbocycles. The summed E-state index contributed by atoms with van der Waals surface area (Å²) in [5, 5.41) is 8.93. The van der Waals surface area contributed by atoms with Gasteiger partial charge in [-0.05, 0) is 80.5 Å². The lowest BCUT2D eigenvalue weighted by atomic mass is 9.64. The minimum atomic E-state index is -4.45. The molecule has 204 valence electrons. The predicted octanol–water partition coefficient (Wildman–Crippen LogP) is 4.52. The normalized spacial score (nSPS) is 22.4. The third-order valence-corrected chi connectivity index (χ3v) is 8.11. The molecule has 0 bridgehead atoms. The lowest BCUT2D eigenvalue weighted by Gasteiger charge is -2.45. The number of Topliss-reactive ketones (excluding diaryl/α,β-unsaturated/α-hetero) is 1. The number of alkyl halides is 3. The average Bonchev–Trinajstić information content (AvgIpc) is 3.56. The van der Waals surface area contributed by atoms with E-state index in [4.69, 9.17) is 11.5 Å².